The predicted molar refractivity (Wildman–Crippen MR) is 322 cm³/mol. The van der Waals surface area contributed by atoms with Gasteiger partial charge in [-0.2, -0.15) is 0 Å². The number of nitrogens with zero attached hydrogens (tertiary/aromatic N) is 5. The lowest BCUT2D eigenvalue weighted by Gasteiger charge is -2.35. The zero-order valence-corrected chi connectivity index (χ0v) is 49.0. The summed E-state index contributed by atoms with van der Waals surface area (Å²) in [5, 5.41) is 14.5. The van der Waals surface area contributed by atoms with Crippen molar-refractivity contribution in [2.45, 2.75) is 116 Å². The maximum absolute atomic E-state index is 14.5. The fourth-order valence-electron chi connectivity index (χ4n) is 11.4. The lowest BCUT2D eigenvalue weighted by atomic mass is 9.93. The summed E-state index contributed by atoms with van der Waals surface area (Å²) in [6.45, 7) is 5.40. The second kappa shape index (κ2) is 27.1. The summed E-state index contributed by atoms with van der Waals surface area (Å²) in [6, 6.07) is 22.8. The van der Waals surface area contributed by atoms with E-state index in [1.165, 1.54) is 24.8 Å². The molecule has 0 aliphatic carbocycles. The molecule has 454 valence electrons. The average molecular weight is 1190 g/mol. The molecule has 7 N–H and O–H groups in total. The van der Waals surface area contributed by atoms with Crippen LogP contribution in [0.3, 0.4) is 0 Å². The number of benzene rings is 4. The Hall–Kier alpha value is -9.80. The molecule has 9 amide bonds. The van der Waals surface area contributed by atoms with Crippen LogP contribution in [0.4, 0.5) is 21.9 Å². The first kappa shape index (κ1) is 60.3. The first-order chi connectivity index (χ1) is 42.0. The number of hydrogen-bond acceptors (Lipinski definition) is 15. The highest BCUT2D eigenvalue weighted by Crippen LogP contribution is 2.41. The van der Waals surface area contributed by atoms with Gasteiger partial charge >= 0.3 is 6.03 Å². The number of amides is 9. The standard InChI is InChI=1S/C64H71N11O12/c1-37(2)59(72-56(76)17-6-5-9-23-73-57(77)20-21-58(73)78)61(80)71-49(16-11-22-66-64(65)83)60(79)70-42-19-18-39-26-46-32-68-51-30-55(53(85-4)28-48(51)63(82)75(46)34-41(39)24-42)87-36-44-15-10-14-43(69-44)35-86-54-29-50-47(27-52(54)84-3)62(81)74-33-40-13-8-7-12-38(40)25-45(74)31-67-50/h7-8,10,12-15,18-21,24,27-30,32,37,45-46,49,59,67H,5-6,9,11,16-17,22-23,25-26,31,33-36H2,1-4H3,(H,70,79)(H,71,80)(H,72,76)(H3,65,66,83)/t45-,46-,49-,59-/m0/s1. The molecule has 87 heavy (non-hydrogen) atoms. The molecule has 23 nitrogen and oxygen atoms in total. The lowest BCUT2D eigenvalue weighted by Crippen LogP contribution is -2.54. The van der Waals surface area contributed by atoms with E-state index in [4.69, 9.17) is 34.7 Å². The minimum Gasteiger partial charge on any atom is -0.493 e. The topological polar surface area (TPSA) is 295 Å². The van der Waals surface area contributed by atoms with Crippen molar-refractivity contribution in [1.29, 1.82) is 0 Å². The fraction of sp³-hybridized carbons (Fsp3) is 0.375. The van der Waals surface area contributed by atoms with Crippen molar-refractivity contribution in [1.82, 2.24) is 35.6 Å². The highest BCUT2D eigenvalue weighted by Gasteiger charge is 2.37. The molecule has 4 atom stereocenters. The molecule has 5 aromatic rings. The molecule has 10 rings (SSSR count). The number of pyridine rings is 1. The SMILES string of the molecule is COc1cc2c(cc1OCc1cccc(COc3cc4c(cc3OC)C(=O)N3Cc5ccccc5C[C@H]3CN4)n1)N=C[C@@H]1Cc3ccc(NC(=O)[C@H](CCCNC(N)=O)NC(=O)[C@@H](NC(=O)CCCCCN4C(=O)C=CC4=O)C(C)C)cc3CN1C2=O. The molecule has 0 unspecified atom stereocenters. The quantitative estimate of drug-likeness (QED) is 0.0304. The Labute approximate surface area is 503 Å². The first-order valence-corrected chi connectivity index (χ1v) is 29.2. The number of nitrogens with two attached hydrogens (primary N) is 1. The van der Waals surface area contributed by atoms with Gasteiger partial charge in [-0.1, -0.05) is 56.7 Å². The van der Waals surface area contributed by atoms with E-state index in [2.05, 4.69) is 38.7 Å². The van der Waals surface area contributed by atoms with Crippen LogP contribution in [0.15, 0.2) is 102 Å². The van der Waals surface area contributed by atoms with Crippen molar-refractivity contribution in [3.8, 4) is 23.0 Å². The number of methoxy groups -OCH3 is 2. The van der Waals surface area contributed by atoms with E-state index in [-0.39, 0.29) is 93.6 Å². The normalized spacial score (nSPS) is 17.0. The van der Waals surface area contributed by atoms with E-state index in [0.717, 1.165) is 28.0 Å². The lowest BCUT2D eigenvalue weighted by molar-refractivity contribution is -0.137. The highest BCUT2D eigenvalue weighted by atomic mass is 16.5. The van der Waals surface area contributed by atoms with Gasteiger partial charge in [-0.3, -0.25) is 48.4 Å². The number of rotatable bonds is 24. The fourth-order valence-corrected chi connectivity index (χ4v) is 11.4. The zero-order valence-electron chi connectivity index (χ0n) is 49.0. The van der Waals surface area contributed by atoms with E-state index in [1.807, 2.05) is 47.4 Å². The Balaban J connectivity index is 0.751. The monoisotopic (exact) mass is 1190 g/mol. The van der Waals surface area contributed by atoms with Crippen LogP contribution >= 0.6 is 0 Å². The van der Waals surface area contributed by atoms with Gasteiger partial charge in [0.05, 0.1) is 60.2 Å². The van der Waals surface area contributed by atoms with E-state index >= 15 is 0 Å². The maximum Gasteiger partial charge on any atom is 0.312 e. The maximum atomic E-state index is 14.5. The Morgan fingerprint density at radius 1 is 0.701 bits per heavy atom. The van der Waals surface area contributed by atoms with E-state index in [9.17, 15) is 38.4 Å². The third-order valence-electron chi connectivity index (χ3n) is 16.2. The van der Waals surface area contributed by atoms with E-state index in [0.29, 0.717) is 101 Å². The van der Waals surface area contributed by atoms with Gasteiger partial charge in [-0.25, -0.2) is 4.79 Å². The van der Waals surface area contributed by atoms with Gasteiger partial charge in [0.2, 0.25) is 17.7 Å². The summed E-state index contributed by atoms with van der Waals surface area (Å²) in [7, 11) is 3.03. The number of imide groups is 1. The van der Waals surface area contributed by atoms with Gasteiger partial charge < -0.3 is 61.1 Å². The van der Waals surface area contributed by atoms with Crippen LogP contribution in [0, 0.1) is 5.92 Å². The second-order valence-electron chi connectivity index (χ2n) is 22.4. The van der Waals surface area contributed by atoms with Crippen molar-refractivity contribution in [2.24, 2.45) is 16.6 Å². The number of nitrogens with one attached hydrogen (secondary N) is 5. The van der Waals surface area contributed by atoms with Gasteiger partial charge in [0.25, 0.3) is 23.6 Å². The first-order valence-electron chi connectivity index (χ1n) is 29.2. The predicted octanol–water partition coefficient (Wildman–Crippen LogP) is 6.03. The van der Waals surface area contributed by atoms with Crippen LogP contribution in [0.1, 0.15) is 107 Å². The summed E-state index contributed by atoms with van der Waals surface area (Å²) in [5.74, 6) is -1.36. The van der Waals surface area contributed by atoms with Gasteiger partial charge in [-0.15, -0.1) is 0 Å². The Bertz CT molecular complexity index is 3550. The van der Waals surface area contributed by atoms with Gasteiger partial charge in [0.1, 0.15) is 25.3 Å². The Morgan fingerprint density at radius 2 is 1.38 bits per heavy atom. The summed E-state index contributed by atoms with van der Waals surface area (Å²) in [5.41, 5.74) is 12.9. The van der Waals surface area contributed by atoms with Crippen molar-refractivity contribution in [3.05, 3.63) is 142 Å². The number of ether oxygens (including phenoxy) is 4. The molecule has 23 heteroatoms. The summed E-state index contributed by atoms with van der Waals surface area (Å²) >= 11 is 0. The molecule has 0 radical (unpaired) electrons. The van der Waals surface area contributed by atoms with E-state index < -0.39 is 36.0 Å². The van der Waals surface area contributed by atoms with Crippen molar-refractivity contribution in [2.75, 3.05) is 44.5 Å². The van der Waals surface area contributed by atoms with Crippen LogP contribution in [0.2, 0.25) is 0 Å². The minimum atomic E-state index is -1.08. The number of carbonyl (C=O) groups is 8. The summed E-state index contributed by atoms with van der Waals surface area (Å²) < 4.78 is 24.1. The molecule has 5 aliphatic rings. The number of urea groups is 1. The third kappa shape index (κ3) is 14.1. The Morgan fingerprint density at radius 3 is 2.09 bits per heavy atom. The number of primary amides is 1. The van der Waals surface area contributed by atoms with Crippen LogP contribution in [-0.2, 0) is 63.1 Å². The molecule has 0 saturated heterocycles. The smallest absolute Gasteiger partial charge is 0.312 e. The Kier molecular flexibility index (Phi) is 18.8. The number of aliphatic imine (C=N–C) groups is 1. The molecule has 4 aromatic carbocycles. The van der Waals surface area contributed by atoms with Gasteiger partial charge in [0, 0.05) is 75.3 Å². The number of fused-ring (bicyclic) bond motifs is 6. The summed E-state index contributed by atoms with van der Waals surface area (Å²) in [4.78, 5) is 119. The van der Waals surface area contributed by atoms with Crippen LogP contribution < -0.4 is 51.3 Å². The van der Waals surface area contributed by atoms with Crippen LogP contribution in [0.25, 0.3) is 0 Å². The van der Waals surface area contributed by atoms with Gasteiger partial charge in [0.15, 0.2) is 23.0 Å². The van der Waals surface area contributed by atoms with Gasteiger partial charge in [-0.05, 0) is 103 Å². The largest absolute Gasteiger partial charge is 0.493 e. The molecular weight excluding hydrogens is 1110 g/mol. The number of unbranched alkanes of at least 4 members (excludes halogenated alkanes) is 2. The zero-order chi connectivity index (χ0) is 61.3. The van der Waals surface area contributed by atoms with Crippen molar-refractivity contribution < 1.29 is 57.3 Å². The molecular formula is C64H71N11O12. The number of anilines is 2. The summed E-state index contributed by atoms with van der Waals surface area (Å²) in [6.07, 6.45) is 7.47. The molecule has 0 saturated carbocycles. The molecule has 5 aliphatic heterocycles. The number of aromatic nitrogens is 1. The number of hydrogen-bond donors (Lipinski definition) is 6. The molecule has 0 spiro atoms. The highest BCUT2D eigenvalue weighted by molar-refractivity contribution is 6.13. The van der Waals surface area contributed by atoms with Crippen molar-refractivity contribution in [3.63, 3.8) is 0 Å². The molecule has 1 aromatic heterocycles. The molecule has 0 bridgehead atoms. The second-order valence-corrected chi connectivity index (χ2v) is 22.4. The van der Waals surface area contributed by atoms with Crippen LogP contribution in [0.5, 0.6) is 23.0 Å². The van der Waals surface area contributed by atoms with Crippen LogP contribution in [-0.4, -0.2) is 131 Å². The van der Waals surface area contributed by atoms with E-state index in [1.54, 1.807) is 62.4 Å². The number of carbonyl (C=O) groups excluding carboxylic acids is 8. The molecule has 6 heterocycles. The third-order valence-corrected chi connectivity index (χ3v) is 16.2. The van der Waals surface area contributed by atoms with Crippen molar-refractivity contribution >= 4 is 70.7 Å². The molecule has 0 fully saturated rings. The average Bonchev–Trinajstić information content (AvgIpc) is 2.82. The minimum absolute atomic E-state index is 0.000757.